The molecule has 0 amide bonds. The Morgan fingerprint density at radius 3 is 2.00 bits per heavy atom. The maximum absolute atomic E-state index is 13.0. The summed E-state index contributed by atoms with van der Waals surface area (Å²) < 4.78 is 36.6. The smallest absolute Gasteiger partial charge is 0.354 e. The van der Waals surface area contributed by atoms with Crippen LogP contribution < -0.4 is 5.32 Å². The zero-order valence-electron chi connectivity index (χ0n) is 17.4. The number of nitrogens with one attached hydrogen (secondary N) is 1. The molecule has 9 heteroatoms. The van der Waals surface area contributed by atoms with E-state index in [-0.39, 0.29) is 10.6 Å². The van der Waals surface area contributed by atoms with Crippen LogP contribution in [0.2, 0.25) is 0 Å². The van der Waals surface area contributed by atoms with Crippen LogP contribution in [0.1, 0.15) is 39.5 Å². The molecule has 29 heavy (non-hydrogen) atoms. The van der Waals surface area contributed by atoms with Crippen LogP contribution in [0.3, 0.4) is 0 Å². The summed E-state index contributed by atoms with van der Waals surface area (Å²) in [5.74, 6) is -1.48. The number of carbonyl (C=O) groups excluding carboxylic acids is 2. The van der Waals surface area contributed by atoms with Crippen molar-refractivity contribution in [2.45, 2.75) is 44.4 Å². The number of carbonyl (C=O) groups is 2. The first kappa shape index (κ1) is 24.6. The summed E-state index contributed by atoms with van der Waals surface area (Å²) in [6.07, 6.45) is 4.37. The van der Waals surface area contributed by atoms with Crippen LogP contribution in [-0.4, -0.2) is 52.0 Å². The Morgan fingerprint density at radius 2 is 1.55 bits per heavy atom. The number of ether oxygens (including phenoxy) is 2. The van der Waals surface area contributed by atoms with Crippen molar-refractivity contribution in [1.82, 2.24) is 4.31 Å². The first-order valence-electron chi connectivity index (χ1n) is 9.55. The number of methoxy groups -OCH3 is 2. The van der Waals surface area contributed by atoms with Crippen molar-refractivity contribution in [2.75, 3.05) is 32.6 Å². The second-order valence-electron chi connectivity index (χ2n) is 6.33. The molecule has 0 bridgehead atoms. The predicted octanol–water partition coefficient (Wildman–Crippen LogP) is 2.92. The van der Waals surface area contributed by atoms with E-state index in [1.807, 2.05) is 13.8 Å². The number of anilines is 1. The minimum Gasteiger partial charge on any atom is -0.466 e. The average Bonchev–Trinajstić information content (AvgIpc) is 2.72. The lowest BCUT2D eigenvalue weighted by atomic mass is 10.3. The van der Waals surface area contributed by atoms with Gasteiger partial charge in [0.1, 0.15) is 5.70 Å². The zero-order valence-corrected chi connectivity index (χ0v) is 18.3. The van der Waals surface area contributed by atoms with E-state index in [9.17, 15) is 18.0 Å². The van der Waals surface area contributed by atoms with Gasteiger partial charge in [0.2, 0.25) is 10.0 Å². The number of sulfonamides is 1. The first-order valence-corrected chi connectivity index (χ1v) is 11.0. The molecule has 1 rings (SSSR count). The van der Waals surface area contributed by atoms with E-state index in [4.69, 9.17) is 0 Å². The maximum atomic E-state index is 13.0. The van der Waals surface area contributed by atoms with Crippen LogP contribution in [0.25, 0.3) is 0 Å². The van der Waals surface area contributed by atoms with Gasteiger partial charge in [-0.2, -0.15) is 4.31 Å². The third kappa shape index (κ3) is 7.51. The molecular weight excluding hydrogens is 396 g/mol. The van der Waals surface area contributed by atoms with Crippen LogP contribution in [0.5, 0.6) is 0 Å². The second-order valence-corrected chi connectivity index (χ2v) is 8.27. The van der Waals surface area contributed by atoms with E-state index < -0.39 is 22.0 Å². The molecule has 0 atom stereocenters. The van der Waals surface area contributed by atoms with Crippen LogP contribution in [-0.2, 0) is 29.1 Å². The van der Waals surface area contributed by atoms with Crippen LogP contribution in [0.15, 0.2) is 40.9 Å². The Balaban J connectivity index is 3.06. The summed E-state index contributed by atoms with van der Waals surface area (Å²) in [4.78, 5) is 23.4. The predicted molar refractivity (Wildman–Crippen MR) is 111 cm³/mol. The highest BCUT2D eigenvalue weighted by atomic mass is 32.2. The fourth-order valence-electron chi connectivity index (χ4n) is 2.47. The highest BCUT2D eigenvalue weighted by Gasteiger charge is 2.23. The molecule has 1 aromatic rings. The number of rotatable bonds is 12. The van der Waals surface area contributed by atoms with E-state index in [2.05, 4.69) is 14.8 Å². The van der Waals surface area contributed by atoms with Crippen LogP contribution in [0.4, 0.5) is 5.69 Å². The Hall–Kier alpha value is -2.39. The van der Waals surface area contributed by atoms with Crippen molar-refractivity contribution in [3.8, 4) is 0 Å². The van der Waals surface area contributed by atoms with Gasteiger partial charge < -0.3 is 14.8 Å². The molecule has 1 N–H and O–H groups in total. The highest BCUT2D eigenvalue weighted by molar-refractivity contribution is 7.89. The molecule has 0 saturated heterocycles. The number of nitrogens with zero attached hydrogens (tertiary/aromatic N) is 1. The Morgan fingerprint density at radius 1 is 1.00 bits per heavy atom. The number of esters is 2. The molecule has 0 fully saturated rings. The van der Waals surface area contributed by atoms with Gasteiger partial charge in [-0.15, -0.1) is 0 Å². The molecule has 0 spiro atoms. The van der Waals surface area contributed by atoms with Gasteiger partial charge >= 0.3 is 11.9 Å². The fraction of sp³-hybridized carbons (Fsp3) is 0.500. The number of unbranched alkanes of at least 4 members (excludes halogenated alkanes) is 2. The Bertz CT molecular complexity index is 795. The number of hydrogen-bond acceptors (Lipinski definition) is 7. The maximum Gasteiger partial charge on any atom is 0.354 e. The molecule has 0 heterocycles. The van der Waals surface area contributed by atoms with E-state index in [0.29, 0.717) is 18.8 Å². The van der Waals surface area contributed by atoms with Gasteiger partial charge in [-0.3, -0.25) is 0 Å². The molecule has 0 unspecified atom stereocenters. The monoisotopic (exact) mass is 426 g/mol. The topological polar surface area (TPSA) is 102 Å². The second kappa shape index (κ2) is 12.2. The van der Waals surface area contributed by atoms with Crippen molar-refractivity contribution in [1.29, 1.82) is 0 Å². The van der Waals surface area contributed by atoms with Crippen LogP contribution >= 0.6 is 0 Å². The third-order valence-corrected chi connectivity index (χ3v) is 6.07. The molecular formula is C20H30N2O6S. The van der Waals surface area contributed by atoms with Gasteiger partial charge in [-0.1, -0.05) is 26.7 Å². The van der Waals surface area contributed by atoms with Gasteiger partial charge in [0.15, 0.2) is 0 Å². The van der Waals surface area contributed by atoms with Gasteiger partial charge in [0.25, 0.3) is 0 Å². The summed E-state index contributed by atoms with van der Waals surface area (Å²) in [5.41, 5.74) is 0.306. The molecule has 162 valence electrons. The van der Waals surface area contributed by atoms with Crippen molar-refractivity contribution in [3.05, 3.63) is 36.0 Å². The Kier molecular flexibility index (Phi) is 10.4. The molecule has 8 nitrogen and oxygen atoms in total. The SMILES string of the molecule is CCCCN(CCCC)S(=O)(=O)c1ccc(N/C(=C/C(=O)OC)C(=O)OC)cc1. The molecule has 0 aromatic heterocycles. The van der Waals surface area contributed by atoms with Crippen molar-refractivity contribution in [2.24, 2.45) is 0 Å². The third-order valence-electron chi connectivity index (χ3n) is 4.16. The molecule has 0 aliphatic rings. The summed E-state index contributed by atoms with van der Waals surface area (Å²) in [6, 6.07) is 5.99. The van der Waals surface area contributed by atoms with E-state index in [0.717, 1.165) is 31.8 Å². The normalized spacial score (nSPS) is 12.0. The summed E-state index contributed by atoms with van der Waals surface area (Å²) in [7, 11) is -1.23. The lowest BCUT2D eigenvalue weighted by Crippen LogP contribution is -2.33. The van der Waals surface area contributed by atoms with Crippen molar-refractivity contribution in [3.63, 3.8) is 0 Å². The summed E-state index contributed by atoms with van der Waals surface area (Å²) in [5, 5.41) is 2.75. The quantitative estimate of drug-likeness (QED) is 0.405. The van der Waals surface area contributed by atoms with Crippen molar-refractivity contribution < 1.29 is 27.5 Å². The summed E-state index contributed by atoms with van der Waals surface area (Å²) >= 11 is 0. The molecule has 1 aromatic carbocycles. The fourth-order valence-corrected chi connectivity index (χ4v) is 3.99. The Labute approximate surface area is 172 Å². The van der Waals surface area contributed by atoms with Gasteiger partial charge in [0, 0.05) is 18.8 Å². The summed E-state index contributed by atoms with van der Waals surface area (Å²) in [6.45, 7) is 5.00. The molecule has 0 aliphatic heterocycles. The van der Waals surface area contributed by atoms with Crippen molar-refractivity contribution >= 4 is 27.6 Å². The highest BCUT2D eigenvalue weighted by Crippen LogP contribution is 2.20. The van der Waals surface area contributed by atoms with Gasteiger partial charge in [-0.05, 0) is 37.1 Å². The lowest BCUT2D eigenvalue weighted by molar-refractivity contribution is -0.138. The molecule has 0 radical (unpaired) electrons. The molecule has 0 aliphatic carbocycles. The lowest BCUT2D eigenvalue weighted by Gasteiger charge is -2.22. The molecule has 0 saturated carbocycles. The van der Waals surface area contributed by atoms with E-state index in [1.54, 1.807) is 0 Å². The largest absolute Gasteiger partial charge is 0.466 e. The standard InChI is InChI=1S/C20H30N2O6S/c1-5-7-13-22(14-8-6-2)29(25,26)17-11-9-16(10-12-17)21-18(20(24)28-4)15-19(23)27-3/h9-12,15,21H,5-8,13-14H2,1-4H3/b18-15+. The average molecular weight is 427 g/mol. The van der Waals surface area contributed by atoms with Crippen LogP contribution in [0, 0.1) is 0 Å². The van der Waals surface area contributed by atoms with Gasteiger partial charge in [-0.25, -0.2) is 18.0 Å². The number of benzene rings is 1. The van der Waals surface area contributed by atoms with Gasteiger partial charge in [0.05, 0.1) is 25.2 Å². The first-order chi connectivity index (χ1) is 13.8. The van der Waals surface area contributed by atoms with E-state index >= 15 is 0 Å². The number of hydrogen-bond donors (Lipinski definition) is 1. The minimum atomic E-state index is -3.61. The minimum absolute atomic E-state index is 0.123. The zero-order chi connectivity index (χ0) is 21.9. The van der Waals surface area contributed by atoms with E-state index in [1.165, 1.54) is 42.8 Å².